The van der Waals surface area contributed by atoms with Crippen molar-refractivity contribution in [3.63, 3.8) is 0 Å². The van der Waals surface area contributed by atoms with E-state index in [0.29, 0.717) is 26.2 Å². The van der Waals surface area contributed by atoms with Crippen LogP contribution in [0.4, 0.5) is 22.0 Å². The standard InChI is InChI=1S/C14H16BrF5N2.ClH/c15-9-7-10(16)13(11(17)8-9)12(1-2-14(18,19)20)22-5-3-21-4-6-22;/h7-8,12,21H,1-6H2;1H/t12-;/m0./s1. The smallest absolute Gasteiger partial charge is 0.314 e. The number of hydrogen-bond acceptors (Lipinski definition) is 2. The van der Waals surface area contributed by atoms with Crippen molar-refractivity contribution in [2.24, 2.45) is 0 Å². The fraction of sp³-hybridized carbons (Fsp3) is 0.571. The molecule has 0 unspecified atom stereocenters. The molecule has 0 amide bonds. The Kier molecular flexibility index (Phi) is 7.70. The quantitative estimate of drug-likeness (QED) is 0.721. The summed E-state index contributed by atoms with van der Waals surface area (Å²) in [5.74, 6) is -1.64. The van der Waals surface area contributed by atoms with E-state index in [-0.39, 0.29) is 28.9 Å². The third-order valence-electron chi connectivity index (χ3n) is 3.67. The van der Waals surface area contributed by atoms with Crippen molar-refractivity contribution >= 4 is 28.3 Å². The van der Waals surface area contributed by atoms with Gasteiger partial charge < -0.3 is 5.32 Å². The highest BCUT2D eigenvalue weighted by atomic mass is 79.9. The van der Waals surface area contributed by atoms with Crippen LogP contribution in [0.25, 0.3) is 0 Å². The molecule has 1 aliphatic rings. The van der Waals surface area contributed by atoms with Crippen LogP contribution in [0.2, 0.25) is 0 Å². The molecule has 1 aliphatic heterocycles. The van der Waals surface area contributed by atoms with Crippen molar-refractivity contribution < 1.29 is 22.0 Å². The lowest BCUT2D eigenvalue weighted by atomic mass is 9.98. The molecule has 1 saturated heterocycles. The van der Waals surface area contributed by atoms with Crippen molar-refractivity contribution in [1.29, 1.82) is 0 Å². The van der Waals surface area contributed by atoms with Crippen LogP contribution in [0.15, 0.2) is 16.6 Å². The van der Waals surface area contributed by atoms with Crippen molar-refractivity contribution in [1.82, 2.24) is 10.2 Å². The van der Waals surface area contributed by atoms with Crippen molar-refractivity contribution in [3.05, 3.63) is 33.8 Å². The van der Waals surface area contributed by atoms with Gasteiger partial charge in [-0.05, 0) is 18.6 Å². The Labute approximate surface area is 146 Å². The minimum atomic E-state index is -4.35. The first kappa shape index (κ1) is 20.6. The van der Waals surface area contributed by atoms with Gasteiger partial charge in [-0.15, -0.1) is 12.4 Å². The molecule has 1 fully saturated rings. The Morgan fingerprint density at radius 3 is 2.13 bits per heavy atom. The molecular formula is C14H17BrClF5N2. The summed E-state index contributed by atoms with van der Waals surface area (Å²) in [5, 5.41) is 3.07. The van der Waals surface area contributed by atoms with E-state index in [2.05, 4.69) is 21.2 Å². The van der Waals surface area contributed by atoms with Crippen LogP contribution in [0, 0.1) is 11.6 Å². The van der Waals surface area contributed by atoms with Gasteiger partial charge in [-0.25, -0.2) is 8.78 Å². The zero-order valence-corrected chi connectivity index (χ0v) is 14.5. The number of halogens is 7. The summed E-state index contributed by atoms with van der Waals surface area (Å²) in [6, 6.07) is 1.25. The first-order valence-electron chi connectivity index (χ1n) is 6.94. The molecule has 0 aromatic heterocycles. The summed E-state index contributed by atoms with van der Waals surface area (Å²) < 4.78 is 66.1. The van der Waals surface area contributed by atoms with Crippen LogP contribution in [0.1, 0.15) is 24.4 Å². The molecule has 132 valence electrons. The maximum absolute atomic E-state index is 14.1. The monoisotopic (exact) mass is 422 g/mol. The van der Waals surface area contributed by atoms with E-state index < -0.39 is 30.3 Å². The average molecular weight is 424 g/mol. The van der Waals surface area contributed by atoms with Crippen molar-refractivity contribution in [2.45, 2.75) is 25.1 Å². The number of piperazine rings is 1. The second-order valence-electron chi connectivity index (χ2n) is 5.24. The largest absolute Gasteiger partial charge is 0.389 e. The zero-order valence-electron chi connectivity index (χ0n) is 12.1. The van der Waals surface area contributed by atoms with Crippen LogP contribution in [0.3, 0.4) is 0 Å². The van der Waals surface area contributed by atoms with E-state index in [1.807, 2.05) is 0 Å². The van der Waals surface area contributed by atoms with Gasteiger partial charge in [0, 0.05) is 48.7 Å². The van der Waals surface area contributed by atoms with E-state index in [1.54, 1.807) is 4.90 Å². The van der Waals surface area contributed by atoms with Gasteiger partial charge >= 0.3 is 6.18 Å². The number of nitrogens with one attached hydrogen (secondary N) is 1. The molecule has 1 aromatic carbocycles. The van der Waals surface area contributed by atoms with Gasteiger partial charge in [-0.2, -0.15) is 13.2 Å². The van der Waals surface area contributed by atoms with Crippen LogP contribution in [0.5, 0.6) is 0 Å². The Hall–Kier alpha value is -0.440. The summed E-state index contributed by atoms with van der Waals surface area (Å²) in [6.07, 6.45) is -5.79. The van der Waals surface area contributed by atoms with Gasteiger partial charge in [0.25, 0.3) is 0 Å². The second kappa shape index (κ2) is 8.60. The van der Waals surface area contributed by atoms with Crippen LogP contribution < -0.4 is 5.32 Å². The number of alkyl halides is 3. The van der Waals surface area contributed by atoms with Crippen molar-refractivity contribution in [2.75, 3.05) is 26.2 Å². The third-order valence-corrected chi connectivity index (χ3v) is 4.13. The highest BCUT2D eigenvalue weighted by Gasteiger charge is 2.33. The topological polar surface area (TPSA) is 15.3 Å². The molecule has 0 saturated carbocycles. The molecule has 23 heavy (non-hydrogen) atoms. The molecule has 0 aliphatic carbocycles. The second-order valence-corrected chi connectivity index (χ2v) is 6.15. The molecule has 0 radical (unpaired) electrons. The zero-order chi connectivity index (χ0) is 16.3. The van der Waals surface area contributed by atoms with Gasteiger partial charge in [0.1, 0.15) is 11.6 Å². The lowest BCUT2D eigenvalue weighted by Crippen LogP contribution is -2.45. The molecular weight excluding hydrogens is 407 g/mol. The average Bonchev–Trinajstić information content (AvgIpc) is 2.41. The van der Waals surface area contributed by atoms with Gasteiger partial charge in [-0.3, -0.25) is 4.90 Å². The SMILES string of the molecule is Cl.Fc1cc(Br)cc(F)c1[C@H](CCC(F)(F)F)N1CCNCC1. The van der Waals surface area contributed by atoms with E-state index in [4.69, 9.17) is 0 Å². The number of benzene rings is 1. The van der Waals surface area contributed by atoms with Gasteiger partial charge in [0.15, 0.2) is 0 Å². The normalized spacial score (nSPS) is 17.7. The maximum atomic E-state index is 14.1. The molecule has 1 atom stereocenters. The fourth-order valence-corrected chi connectivity index (χ4v) is 3.08. The molecule has 0 spiro atoms. The lowest BCUT2D eigenvalue weighted by molar-refractivity contribution is -0.138. The Morgan fingerprint density at radius 2 is 1.65 bits per heavy atom. The van der Waals surface area contributed by atoms with Crippen LogP contribution in [-0.4, -0.2) is 37.3 Å². The van der Waals surface area contributed by atoms with Crippen LogP contribution in [-0.2, 0) is 0 Å². The third kappa shape index (κ3) is 5.85. The minimum absolute atomic E-state index is 0. The number of nitrogens with zero attached hydrogens (tertiary/aromatic N) is 1. The first-order chi connectivity index (χ1) is 10.3. The molecule has 9 heteroatoms. The molecule has 0 bridgehead atoms. The maximum Gasteiger partial charge on any atom is 0.389 e. The van der Waals surface area contributed by atoms with Crippen molar-refractivity contribution in [3.8, 4) is 0 Å². The molecule has 2 nitrogen and oxygen atoms in total. The minimum Gasteiger partial charge on any atom is -0.314 e. The predicted molar refractivity (Wildman–Crippen MR) is 83.8 cm³/mol. The fourth-order valence-electron chi connectivity index (χ4n) is 2.68. The van der Waals surface area contributed by atoms with E-state index >= 15 is 0 Å². The Balaban J connectivity index is 0.00000264. The highest BCUT2D eigenvalue weighted by molar-refractivity contribution is 9.10. The molecule has 1 N–H and O–H groups in total. The van der Waals surface area contributed by atoms with Gasteiger partial charge in [-0.1, -0.05) is 15.9 Å². The summed E-state index contributed by atoms with van der Waals surface area (Å²) in [4.78, 5) is 1.71. The summed E-state index contributed by atoms with van der Waals surface area (Å²) in [6.45, 7) is 2.08. The number of rotatable bonds is 4. The van der Waals surface area contributed by atoms with E-state index in [9.17, 15) is 22.0 Å². The Bertz CT molecular complexity index is 497. The van der Waals surface area contributed by atoms with Gasteiger partial charge in [0.2, 0.25) is 0 Å². The molecule has 1 heterocycles. The summed E-state index contributed by atoms with van der Waals surface area (Å²) in [5.41, 5.74) is -0.283. The first-order valence-corrected chi connectivity index (χ1v) is 7.73. The molecule has 2 rings (SSSR count). The predicted octanol–water partition coefficient (Wildman–Crippen LogP) is 4.44. The van der Waals surface area contributed by atoms with Crippen LogP contribution >= 0.6 is 28.3 Å². The Morgan fingerprint density at radius 1 is 1.13 bits per heavy atom. The highest BCUT2D eigenvalue weighted by Crippen LogP contribution is 2.35. The summed E-state index contributed by atoms with van der Waals surface area (Å²) in [7, 11) is 0. The van der Waals surface area contributed by atoms with Gasteiger partial charge in [0.05, 0.1) is 0 Å². The lowest BCUT2D eigenvalue weighted by Gasteiger charge is -2.35. The molecule has 1 aromatic rings. The van der Waals surface area contributed by atoms with E-state index in [0.717, 1.165) is 12.1 Å². The van der Waals surface area contributed by atoms with E-state index in [1.165, 1.54) is 0 Å². The number of hydrogen-bond donors (Lipinski definition) is 1. The summed E-state index contributed by atoms with van der Waals surface area (Å²) >= 11 is 2.98.